The van der Waals surface area contributed by atoms with Crippen LogP contribution in [-0.4, -0.2) is 49.3 Å². The van der Waals surface area contributed by atoms with Gasteiger partial charge in [0.1, 0.15) is 11.6 Å². The Morgan fingerprint density at radius 3 is 2.46 bits per heavy atom. The molecule has 4 rings (SSSR count). The second-order valence-electron chi connectivity index (χ2n) is 9.78. The highest BCUT2D eigenvalue weighted by atomic mass is 16.3. The summed E-state index contributed by atoms with van der Waals surface area (Å²) in [4.78, 5) is 27.7. The molecule has 0 bridgehead atoms. The van der Waals surface area contributed by atoms with Gasteiger partial charge in [-0.15, -0.1) is 10.2 Å². The normalized spacial score (nSPS) is 15.3. The van der Waals surface area contributed by atoms with Crippen molar-refractivity contribution < 1.29 is 9.90 Å². The lowest BCUT2D eigenvalue weighted by molar-refractivity contribution is 0.216. The van der Waals surface area contributed by atoms with E-state index in [1.54, 1.807) is 38.4 Å². The van der Waals surface area contributed by atoms with Crippen molar-refractivity contribution in [1.29, 1.82) is 5.26 Å². The third-order valence-corrected chi connectivity index (χ3v) is 5.80. The van der Waals surface area contributed by atoms with Crippen molar-refractivity contribution >= 4 is 17.5 Å². The Hall–Kier alpha value is -4.72. The van der Waals surface area contributed by atoms with Crippen molar-refractivity contribution in [2.24, 2.45) is 10.2 Å². The van der Waals surface area contributed by atoms with E-state index in [1.165, 1.54) is 14.3 Å². The second kappa shape index (κ2) is 9.73. The minimum atomic E-state index is -0.602. The molecule has 190 valence electrons. The average molecular weight is 501 g/mol. The lowest BCUT2D eigenvalue weighted by Crippen LogP contribution is -2.28. The third kappa shape index (κ3) is 4.61. The van der Waals surface area contributed by atoms with Crippen LogP contribution < -0.4 is 5.56 Å². The van der Waals surface area contributed by atoms with Gasteiger partial charge in [0.05, 0.1) is 17.4 Å². The molecule has 0 saturated heterocycles. The summed E-state index contributed by atoms with van der Waals surface area (Å²) >= 11 is 0. The van der Waals surface area contributed by atoms with Gasteiger partial charge in [-0.25, -0.2) is 14.2 Å². The largest absolute Gasteiger partial charge is 0.492 e. The Balaban J connectivity index is 1.93. The number of aromatic hydroxyl groups is 1. The highest BCUT2D eigenvalue weighted by Gasteiger charge is 2.31. The second-order valence-corrected chi connectivity index (χ2v) is 9.78. The highest BCUT2D eigenvalue weighted by molar-refractivity contribution is 5.80. The van der Waals surface area contributed by atoms with Crippen LogP contribution in [0.3, 0.4) is 0 Å². The molecule has 0 spiro atoms. The third-order valence-electron chi connectivity index (χ3n) is 5.80. The van der Waals surface area contributed by atoms with Gasteiger partial charge in [-0.05, 0) is 18.6 Å². The van der Waals surface area contributed by atoms with E-state index in [0.717, 1.165) is 4.68 Å². The molecule has 1 aromatic carbocycles. The van der Waals surface area contributed by atoms with E-state index in [4.69, 9.17) is 0 Å². The topological polar surface area (TPSA) is 134 Å². The zero-order chi connectivity index (χ0) is 26.9. The van der Waals surface area contributed by atoms with Crippen molar-refractivity contribution in [2.45, 2.75) is 38.6 Å². The zero-order valence-electron chi connectivity index (χ0n) is 21.3. The van der Waals surface area contributed by atoms with Crippen LogP contribution in [0, 0.1) is 11.3 Å². The first-order valence-corrected chi connectivity index (χ1v) is 11.7. The Morgan fingerprint density at radius 1 is 1.19 bits per heavy atom. The molecule has 1 aliphatic rings. The fraction of sp³-hybridized carbons (Fsp3) is 0.308. The van der Waals surface area contributed by atoms with Gasteiger partial charge in [-0.1, -0.05) is 63.3 Å². The van der Waals surface area contributed by atoms with Crippen molar-refractivity contribution in [3.63, 3.8) is 0 Å². The molecule has 1 atom stereocenters. The molecule has 0 aliphatic heterocycles. The molecule has 0 fully saturated rings. The van der Waals surface area contributed by atoms with E-state index >= 15 is 0 Å². The van der Waals surface area contributed by atoms with Gasteiger partial charge < -0.3 is 10.0 Å². The molecule has 1 N–H and O–H groups in total. The van der Waals surface area contributed by atoms with E-state index in [-0.39, 0.29) is 29.0 Å². The molecule has 37 heavy (non-hydrogen) atoms. The molecule has 11 heteroatoms. The van der Waals surface area contributed by atoms with Crippen LogP contribution >= 0.6 is 0 Å². The first-order valence-electron chi connectivity index (χ1n) is 11.7. The minimum absolute atomic E-state index is 0.0640. The van der Waals surface area contributed by atoms with E-state index in [2.05, 4.69) is 21.4 Å². The van der Waals surface area contributed by atoms with Crippen LogP contribution in [0.15, 0.2) is 69.7 Å². The van der Waals surface area contributed by atoms with Gasteiger partial charge in [0, 0.05) is 19.5 Å². The molecular weight excluding hydrogens is 472 g/mol. The Bertz CT molecular complexity index is 1520. The van der Waals surface area contributed by atoms with Crippen LogP contribution in [0.25, 0.3) is 5.69 Å². The number of nitriles is 1. The fourth-order valence-electron chi connectivity index (χ4n) is 4.00. The van der Waals surface area contributed by atoms with Crippen LogP contribution in [0.5, 0.6) is 5.88 Å². The van der Waals surface area contributed by atoms with Crippen molar-refractivity contribution in [1.82, 2.24) is 24.0 Å². The average Bonchev–Trinajstić information content (AvgIpc) is 3.37. The van der Waals surface area contributed by atoms with Crippen LogP contribution in [0.1, 0.15) is 44.5 Å². The molecule has 1 aliphatic carbocycles. The number of benzene rings is 1. The predicted molar refractivity (Wildman–Crippen MR) is 138 cm³/mol. The lowest BCUT2D eigenvalue weighted by atomic mass is 9.90. The number of carbonyl (C=O) groups excluding carboxylic acids is 1. The predicted octanol–water partition coefficient (Wildman–Crippen LogP) is 4.71. The first kappa shape index (κ1) is 25.4. The monoisotopic (exact) mass is 500 g/mol. The van der Waals surface area contributed by atoms with E-state index < -0.39 is 17.0 Å². The maximum absolute atomic E-state index is 13.5. The molecule has 1 amide bonds. The zero-order valence-corrected chi connectivity index (χ0v) is 21.3. The lowest BCUT2D eigenvalue weighted by Gasteiger charge is -2.20. The fourth-order valence-corrected chi connectivity index (χ4v) is 4.00. The summed E-state index contributed by atoms with van der Waals surface area (Å²) in [5, 5.41) is 33.7. The molecule has 1 unspecified atom stereocenters. The van der Waals surface area contributed by atoms with Gasteiger partial charge in [-0.3, -0.25) is 4.79 Å². The standard InChI is InChI=1S/C26H28N8O3/c1-26(2,3)21-19(16-27)22(32(30-21)25(37)31(4)5)29-28-20-23(35)33(17-12-8-6-9-13-17)34(24(20)36)18-14-10-7-11-15-18/h6-14,18,36H,15H2,1-5H3. The van der Waals surface area contributed by atoms with Gasteiger partial charge in [0.15, 0.2) is 0 Å². The molecule has 2 heterocycles. The molecule has 0 radical (unpaired) electrons. The number of amides is 1. The molecular formula is C26H28N8O3. The number of rotatable bonds is 4. The SMILES string of the molecule is CN(C)C(=O)n1nc(C(C)(C)C)c(C#N)c1N=Nc1c(O)n(C2C=CC=CC2)n(-c2ccccc2)c1=O. The van der Waals surface area contributed by atoms with E-state index in [1.807, 2.05) is 51.1 Å². The molecule has 3 aromatic rings. The summed E-state index contributed by atoms with van der Waals surface area (Å²) < 4.78 is 3.78. The smallest absolute Gasteiger partial charge is 0.346 e. The van der Waals surface area contributed by atoms with Crippen molar-refractivity contribution in [2.75, 3.05) is 14.1 Å². The summed E-state index contributed by atoms with van der Waals surface area (Å²) in [6.07, 6.45) is 8.09. The number of para-hydroxylation sites is 1. The minimum Gasteiger partial charge on any atom is -0.492 e. The number of hydrogen-bond acceptors (Lipinski definition) is 7. The quantitative estimate of drug-likeness (QED) is 0.518. The van der Waals surface area contributed by atoms with Crippen molar-refractivity contribution in [3.05, 3.63) is 76.2 Å². The van der Waals surface area contributed by atoms with Crippen LogP contribution in [0.2, 0.25) is 0 Å². The Labute approximate surface area is 213 Å². The first-order chi connectivity index (χ1) is 17.6. The number of nitrogens with zero attached hydrogens (tertiary/aromatic N) is 8. The Kier molecular flexibility index (Phi) is 6.68. The summed E-state index contributed by atoms with van der Waals surface area (Å²) in [6, 6.07) is 10.1. The summed E-state index contributed by atoms with van der Waals surface area (Å²) in [5.41, 5.74) is -0.531. The number of aromatic nitrogens is 4. The van der Waals surface area contributed by atoms with Crippen molar-refractivity contribution in [3.8, 4) is 17.6 Å². The maximum atomic E-state index is 13.5. The van der Waals surface area contributed by atoms with Gasteiger partial charge in [0.25, 0.3) is 0 Å². The van der Waals surface area contributed by atoms with Crippen LogP contribution in [-0.2, 0) is 5.41 Å². The van der Waals surface area contributed by atoms with E-state index in [0.29, 0.717) is 17.8 Å². The van der Waals surface area contributed by atoms with Gasteiger partial charge >= 0.3 is 11.6 Å². The summed E-state index contributed by atoms with van der Waals surface area (Å²) in [5.74, 6) is -0.508. The molecule has 2 aromatic heterocycles. The highest BCUT2D eigenvalue weighted by Crippen LogP contribution is 2.35. The number of azo groups is 1. The number of carbonyl (C=O) groups is 1. The van der Waals surface area contributed by atoms with E-state index in [9.17, 15) is 20.0 Å². The van der Waals surface area contributed by atoms with Crippen LogP contribution in [0.4, 0.5) is 16.3 Å². The van der Waals surface area contributed by atoms with Gasteiger partial charge in [-0.2, -0.15) is 15.0 Å². The maximum Gasteiger partial charge on any atom is 0.346 e. The summed E-state index contributed by atoms with van der Waals surface area (Å²) in [7, 11) is 3.09. The number of allylic oxidation sites excluding steroid dienone is 4. The summed E-state index contributed by atoms with van der Waals surface area (Å²) in [6.45, 7) is 5.58. The molecule has 0 saturated carbocycles. The number of hydrogen-bond donors (Lipinski definition) is 1. The van der Waals surface area contributed by atoms with Gasteiger partial charge in [0.2, 0.25) is 17.4 Å². The Morgan fingerprint density at radius 2 is 1.89 bits per heavy atom. The molecule has 11 nitrogen and oxygen atoms in total.